The first kappa shape index (κ1) is 18.2. The van der Waals surface area contributed by atoms with Gasteiger partial charge in [-0.3, -0.25) is 0 Å². The third kappa shape index (κ3) is 3.63. The zero-order chi connectivity index (χ0) is 19.0. The summed E-state index contributed by atoms with van der Waals surface area (Å²) in [6.45, 7) is 4.96. The van der Waals surface area contributed by atoms with Crippen LogP contribution in [0, 0.1) is 11.6 Å². The highest BCUT2D eigenvalue weighted by Gasteiger charge is 2.39. The van der Waals surface area contributed by atoms with Gasteiger partial charge in [0, 0.05) is 24.3 Å². The summed E-state index contributed by atoms with van der Waals surface area (Å²) in [7, 11) is 0. The van der Waals surface area contributed by atoms with Gasteiger partial charge in [-0.25, -0.2) is 23.7 Å². The molecule has 1 aliphatic rings. The first-order valence-corrected chi connectivity index (χ1v) is 10.2. The molecule has 1 saturated carbocycles. The van der Waals surface area contributed by atoms with Gasteiger partial charge in [0.15, 0.2) is 33.8 Å². The highest BCUT2D eigenvalue weighted by Crippen LogP contribution is 2.43. The molecule has 0 aliphatic heterocycles. The molecule has 2 heterocycles. The standard InChI is InChI=1S/C19H21F2N5S/c1-3-7-27-19-24-17(16-18(25-19)26(4-2)10-22-16)23-15-9-12(15)11-5-6-13(20)14(21)8-11/h5-6,8,10,12,15H,3-4,7,9H2,1-2H3,(H,23,24,25)/t12-,15+/m0/s1. The van der Waals surface area contributed by atoms with E-state index in [1.807, 2.05) is 4.57 Å². The van der Waals surface area contributed by atoms with Gasteiger partial charge < -0.3 is 9.88 Å². The zero-order valence-electron chi connectivity index (χ0n) is 15.2. The molecule has 142 valence electrons. The molecule has 0 saturated heterocycles. The number of anilines is 1. The minimum Gasteiger partial charge on any atom is -0.365 e. The highest BCUT2D eigenvalue weighted by molar-refractivity contribution is 7.99. The van der Waals surface area contributed by atoms with Gasteiger partial charge in [0.05, 0.1) is 6.33 Å². The topological polar surface area (TPSA) is 55.6 Å². The van der Waals surface area contributed by atoms with Gasteiger partial charge in [0.1, 0.15) is 0 Å². The van der Waals surface area contributed by atoms with Crippen molar-refractivity contribution in [2.75, 3.05) is 11.1 Å². The lowest BCUT2D eigenvalue weighted by Gasteiger charge is -2.09. The van der Waals surface area contributed by atoms with Gasteiger partial charge in [0.25, 0.3) is 0 Å². The molecule has 0 bridgehead atoms. The van der Waals surface area contributed by atoms with Gasteiger partial charge >= 0.3 is 0 Å². The largest absolute Gasteiger partial charge is 0.365 e. The molecule has 0 amide bonds. The Labute approximate surface area is 160 Å². The maximum absolute atomic E-state index is 13.5. The van der Waals surface area contributed by atoms with Gasteiger partial charge in [-0.05, 0) is 37.5 Å². The minimum atomic E-state index is -0.816. The molecule has 1 N–H and O–H groups in total. The Hall–Kier alpha value is -2.22. The summed E-state index contributed by atoms with van der Waals surface area (Å²) in [6.07, 6.45) is 3.67. The summed E-state index contributed by atoms with van der Waals surface area (Å²) >= 11 is 1.63. The van der Waals surface area contributed by atoms with Crippen molar-refractivity contribution < 1.29 is 8.78 Å². The molecule has 0 spiro atoms. The van der Waals surface area contributed by atoms with Crippen molar-refractivity contribution in [2.24, 2.45) is 0 Å². The minimum absolute atomic E-state index is 0.128. The van der Waals surface area contributed by atoms with Gasteiger partial charge in [0.2, 0.25) is 0 Å². The van der Waals surface area contributed by atoms with E-state index in [-0.39, 0.29) is 12.0 Å². The van der Waals surface area contributed by atoms with E-state index in [9.17, 15) is 8.78 Å². The Kier molecular flexibility index (Phi) is 4.99. The second-order valence-electron chi connectivity index (χ2n) is 6.67. The van der Waals surface area contributed by atoms with Crippen LogP contribution in [0.3, 0.4) is 0 Å². The molecule has 1 aliphatic carbocycles. The molecule has 1 fully saturated rings. The quantitative estimate of drug-likeness (QED) is 0.473. The lowest BCUT2D eigenvalue weighted by atomic mass is 10.1. The van der Waals surface area contributed by atoms with E-state index in [4.69, 9.17) is 0 Å². The number of imidazole rings is 1. The molecular weight excluding hydrogens is 368 g/mol. The average molecular weight is 389 g/mol. The van der Waals surface area contributed by atoms with E-state index >= 15 is 0 Å². The first-order chi connectivity index (χ1) is 13.1. The number of thioether (sulfide) groups is 1. The Morgan fingerprint density at radius 3 is 2.81 bits per heavy atom. The lowest BCUT2D eigenvalue weighted by Crippen LogP contribution is -2.08. The predicted octanol–water partition coefficient (Wildman–Crippen LogP) is 4.59. The van der Waals surface area contributed by atoms with Gasteiger partial charge in [-0.2, -0.15) is 0 Å². The van der Waals surface area contributed by atoms with Crippen molar-refractivity contribution in [3.05, 3.63) is 41.7 Å². The molecule has 0 unspecified atom stereocenters. The number of aromatic nitrogens is 4. The summed E-state index contributed by atoms with van der Waals surface area (Å²) < 4.78 is 28.7. The van der Waals surface area contributed by atoms with Crippen LogP contribution in [0.4, 0.5) is 14.6 Å². The van der Waals surface area contributed by atoms with Crippen molar-refractivity contribution in [1.82, 2.24) is 19.5 Å². The Morgan fingerprint density at radius 2 is 2.07 bits per heavy atom. The maximum atomic E-state index is 13.5. The average Bonchev–Trinajstić information content (AvgIpc) is 3.30. The number of halogens is 2. The van der Waals surface area contributed by atoms with Crippen LogP contribution in [0.5, 0.6) is 0 Å². The number of rotatable bonds is 7. The number of hydrogen-bond acceptors (Lipinski definition) is 5. The third-order valence-corrected chi connectivity index (χ3v) is 5.76. The summed E-state index contributed by atoms with van der Waals surface area (Å²) in [4.78, 5) is 13.8. The van der Waals surface area contributed by atoms with E-state index in [1.54, 1.807) is 24.2 Å². The molecule has 8 heteroatoms. The summed E-state index contributed by atoms with van der Waals surface area (Å²) in [5.74, 6) is 0.184. The lowest BCUT2D eigenvalue weighted by molar-refractivity contribution is 0.507. The summed E-state index contributed by atoms with van der Waals surface area (Å²) in [6, 6.07) is 4.25. The Bertz CT molecular complexity index is 974. The van der Waals surface area contributed by atoms with E-state index in [0.717, 1.165) is 47.0 Å². The molecule has 5 nitrogen and oxygen atoms in total. The Morgan fingerprint density at radius 1 is 1.22 bits per heavy atom. The van der Waals surface area contributed by atoms with Crippen molar-refractivity contribution in [3.63, 3.8) is 0 Å². The molecule has 2 atom stereocenters. The molecule has 1 aromatic carbocycles. The van der Waals surface area contributed by atoms with Crippen molar-refractivity contribution in [3.8, 4) is 0 Å². The van der Waals surface area contributed by atoms with Crippen LogP contribution < -0.4 is 5.32 Å². The number of benzene rings is 1. The molecular formula is C19H21F2N5S. The van der Waals surface area contributed by atoms with Crippen LogP contribution in [0.15, 0.2) is 29.7 Å². The first-order valence-electron chi connectivity index (χ1n) is 9.17. The molecule has 0 radical (unpaired) electrons. The second-order valence-corrected chi connectivity index (χ2v) is 7.73. The van der Waals surface area contributed by atoms with Crippen LogP contribution in [0.1, 0.15) is 38.2 Å². The van der Waals surface area contributed by atoms with Crippen LogP contribution in [0.2, 0.25) is 0 Å². The van der Waals surface area contributed by atoms with Gasteiger partial charge in [-0.15, -0.1) is 0 Å². The van der Waals surface area contributed by atoms with Crippen LogP contribution >= 0.6 is 11.8 Å². The van der Waals surface area contributed by atoms with Crippen molar-refractivity contribution in [2.45, 2.75) is 50.4 Å². The van der Waals surface area contributed by atoms with Crippen LogP contribution in [-0.4, -0.2) is 31.3 Å². The zero-order valence-corrected chi connectivity index (χ0v) is 16.1. The number of nitrogens with one attached hydrogen (secondary N) is 1. The molecule has 2 aromatic heterocycles. The summed E-state index contributed by atoms with van der Waals surface area (Å²) in [5.41, 5.74) is 2.36. The fourth-order valence-corrected chi connectivity index (χ4v) is 3.85. The van der Waals surface area contributed by atoms with E-state index in [1.165, 1.54) is 12.1 Å². The SMILES string of the molecule is CCCSc1nc(N[C@@H]2C[C@H]2c2ccc(F)c(F)c2)c2ncn(CC)c2n1. The molecule has 27 heavy (non-hydrogen) atoms. The smallest absolute Gasteiger partial charge is 0.191 e. The number of fused-ring (bicyclic) bond motifs is 1. The normalized spacial score (nSPS) is 18.8. The van der Waals surface area contributed by atoms with E-state index in [0.29, 0.717) is 5.82 Å². The summed E-state index contributed by atoms with van der Waals surface area (Å²) in [5, 5.41) is 4.17. The fraction of sp³-hybridized carbons (Fsp3) is 0.421. The molecule has 4 rings (SSSR count). The van der Waals surface area contributed by atoms with Crippen molar-refractivity contribution in [1.29, 1.82) is 0 Å². The number of nitrogens with zero attached hydrogens (tertiary/aromatic N) is 4. The van der Waals surface area contributed by atoms with E-state index in [2.05, 4.69) is 34.1 Å². The van der Waals surface area contributed by atoms with Crippen molar-refractivity contribution >= 4 is 28.7 Å². The van der Waals surface area contributed by atoms with Crippen LogP contribution in [0.25, 0.3) is 11.2 Å². The monoisotopic (exact) mass is 389 g/mol. The van der Waals surface area contributed by atoms with Crippen LogP contribution in [-0.2, 0) is 6.54 Å². The molecule has 3 aromatic rings. The predicted molar refractivity (Wildman–Crippen MR) is 103 cm³/mol. The fourth-order valence-electron chi connectivity index (χ4n) is 3.16. The maximum Gasteiger partial charge on any atom is 0.191 e. The Balaban J connectivity index is 1.59. The highest BCUT2D eigenvalue weighted by atomic mass is 32.2. The van der Waals surface area contributed by atoms with Gasteiger partial charge in [-0.1, -0.05) is 24.8 Å². The van der Waals surface area contributed by atoms with E-state index < -0.39 is 11.6 Å². The third-order valence-electron chi connectivity index (χ3n) is 4.70. The number of hydrogen-bond donors (Lipinski definition) is 1. The second kappa shape index (κ2) is 7.42. The number of aryl methyl sites for hydroxylation is 1.